The van der Waals surface area contributed by atoms with Crippen LogP contribution in [0.1, 0.15) is 5.56 Å². The van der Waals surface area contributed by atoms with Gasteiger partial charge in [0.05, 0.1) is 51.0 Å². The van der Waals surface area contributed by atoms with E-state index < -0.39 is 0 Å². The molecule has 0 saturated carbocycles. The van der Waals surface area contributed by atoms with Crippen molar-refractivity contribution >= 4 is 88.3 Å². The van der Waals surface area contributed by atoms with Crippen molar-refractivity contribution in [1.82, 2.24) is 9.13 Å². The summed E-state index contributed by atoms with van der Waals surface area (Å²) < 4.78 is 11.4. The lowest BCUT2D eigenvalue weighted by Crippen LogP contribution is -2.14. The van der Waals surface area contributed by atoms with Gasteiger partial charge in [0.25, 0.3) is 0 Å². The van der Waals surface area contributed by atoms with Gasteiger partial charge in [-0.15, -0.1) is 0 Å². The summed E-state index contributed by atoms with van der Waals surface area (Å²) >= 11 is 0. The Balaban J connectivity index is 1.21. The van der Waals surface area contributed by atoms with Crippen LogP contribution in [0.3, 0.4) is 0 Å². The maximum atomic E-state index is 10.8. The third kappa shape index (κ3) is 4.48. The normalized spacial score (nSPS) is 11.5. The standard InChI is InChI=1S/C50H29N5O/c1-52-41-28-24-32(31-51)48(55-42-21-11-8-18-36(42)37-19-9-12-22-43(37)55)49(41)53(33-14-4-2-5-15-33)35-25-26-38-39-27-29-45-47(50(39)56-46(38)30-35)40-20-10-13-23-44(40)54(45)34-16-6-3-7-17-34/h2-30H. The maximum Gasteiger partial charge on any atom is 0.212 e. The van der Waals surface area contributed by atoms with Crippen LogP contribution in [0.5, 0.6) is 0 Å². The number of nitrogens with zero attached hydrogens (tertiary/aromatic N) is 5. The van der Waals surface area contributed by atoms with Crippen molar-refractivity contribution in [3.63, 3.8) is 0 Å². The molecule has 8 aromatic carbocycles. The summed E-state index contributed by atoms with van der Waals surface area (Å²) in [6, 6.07) is 62.0. The lowest BCUT2D eigenvalue weighted by atomic mass is 10.0. The summed E-state index contributed by atoms with van der Waals surface area (Å²) in [5, 5.41) is 17.1. The van der Waals surface area contributed by atoms with Crippen molar-refractivity contribution < 1.29 is 4.42 Å². The molecule has 260 valence electrons. The number of hydrogen-bond donors (Lipinski definition) is 0. The molecule has 0 radical (unpaired) electrons. The molecule has 0 unspecified atom stereocenters. The summed E-state index contributed by atoms with van der Waals surface area (Å²) in [5.41, 5.74) is 10.5. The molecule has 0 aliphatic carbocycles. The predicted molar refractivity (Wildman–Crippen MR) is 228 cm³/mol. The molecular formula is C50H29N5O. The molecule has 0 spiro atoms. The second-order valence-electron chi connectivity index (χ2n) is 13.9. The second-order valence-corrected chi connectivity index (χ2v) is 13.9. The number of hydrogen-bond acceptors (Lipinski definition) is 3. The van der Waals surface area contributed by atoms with E-state index in [1.165, 1.54) is 0 Å². The van der Waals surface area contributed by atoms with Gasteiger partial charge in [0.15, 0.2) is 0 Å². The van der Waals surface area contributed by atoms with Crippen molar-refractivity contribution in [3.8, 4) is 17.4 Å². The number of fused-ring (bicyclic) bond motifs is 10. The number of rotatable bonds is 5. The van der Waals surface area contributed by atoms with E-state index >= 15 is 0 Å². The highest BCUT2D eigenvalue weighted by Crippen LogP contribution is 2.49. The highest BCUT2D eigenvalue weighted by molar-refractivity contribution is 6.24. The van der Waals surface area contributed by atoms with Gasteiger partial charge >= 0.3 is 0 Å². The Labute approximate surface area is 321 Å². The zero-order chi connectivity index (χ0) is 37.3. The maximum absolute atomic E-state index is 10.8. The van der Waals surface area contributed by atoms with Crippen molar-refractivity contribution in [2.45, 2.75) is 0 Å². The Morgan fingerprint density at radius 1 is 0.536 bits per heavy atom. The molecule has 0 aliphatic heterocycles. The van der Waals surface area contributed by atoms with E-state index in [1.54, 1.807) is 12.1 Å². The molecule has 11 rings (SSSR count). The Kier molecular flexibility index (Phi) is 6.88. The Bertz CT molecular complexity index is 3400. The molecule has 6 heteroatoms. The quantitative estimate of drug-likeness (QED) is 0.167. The lowest BCUT2D eigenvalue weighted by Gasteiger charge is -2.30. The average molecular weight is 716 g/mol. The molecule has 0 bridgehead atoms. The minimum Gasteiger partial charge on any atom is -0.455 e. The first-order valence-electron chi connectivity index (χ1n) is 18.5. The SMILES string of the molecule is [C-]#[N+]c1ccc(C#N)c(-n2c3ccccc3c3ccccc32)c1N(c1ccccc1)c1ccc2c(c1)oc1c2ccc2c1c1ccccc1n2-c1ccccc1. The topological polar surface area (TPSA) is 54.4 Å². The van der Waals surface area contributed by atoms with E-state index in [2.05, 4.69) is 128 Å². The minimum absolute atomic E-state index is 0.421. The fourth-order valence-electron chi connectivity index (χ4n) is 8.61. The molecular weight excluding hydrogens is 687 g/mol. The Hall–Kier alpha value is -8.06. The molecule has 6 nitrogen and oxygen atoms in total. The van der Waals surface area contributed by atoms with E-state index in [9.17, 15) is 5.26 Å². The fraction of sp³-hybridized carbons (Fsp3) is 0. The van der Waals surface area contributed by atoms with Gasteiger partial charge in [-0.3, -0.25) is 0 Å². The Morgan fingerprint density at radius 3 is 1.82 bits per heavy atom. The molecule has 11 aromatic rings. The van der Waals surface area contributed by atoms with E-state index in [4.69, 9.17) is 11.0 Å². The molecule has 3 heterocycles. The molecule has 0 atom stereocenters. The van der Waals surface area contributed by atoms with Crippen LogP contribution in [0.15, 0.2) is 180 Å². The molecule has 0 N–H and O–H groups in total. The highest BCUT2D eigenvalue weighted by atomic mass is 16.3. The number of nitriles is 1. The van der Waals surface area contributed by atoms with Crippen LogP contribution in [-0.2, 0) is 0 Å². The number of benzene rings is 8. The van der Waals surface area contributed by atoms with Crippen LogP contribution < -0.4 is 4.90 Å². The average Bonchev–Trinajstić information content (AvgIpc) is 3.92. The number of furan rings is 1. The molecule has 3 aromatic heterocycles. The summed E-state index contributed by atoms with van der Waals surface area (Å²) in [6.45, 7) is 8.48. The Morgan fingerprint density at radius 2 is 1.14 bits per heavy atom. The zero-order valence-electron chi connectivity index (χ0n) is 29.9. The van der Waals surface area contributed by atoms with Crippen LogP contribution in [0.25, 0.3) is 81.8 Å². The number of anilines is 3. The van der Waals surface area contributed by atoms with Gasteiger partial charge < -0.3 is 18.5 Å². The second kappa shape index (κ2) is 12.2. The van der Waals surface area contributed by atoms with Gasteiger partial charge in [-0.25, -0.2) is 4.85 Å². The van der Waals surface area contributed by atoms with Crippen LogP contribution in [0.2, 0.25) is 0 Å². The highest BCUT2D eigenvalue weighted by Gasteiger charge is 2.27. The third-order valence-corrected chi connectivity index (χ3v) is 10.9. The molecule has 0 fully saturated rings. The van der Waals surface area contributed by atoms with Crippen molar-refractivity contribution in [1.29, 1.82) is 5.26 Å². The fourth-order valence-corrected chi connectivity index (χ4v) is 8.61. The van der Waals surface area contributed by atoms with E-state index in [1.807, 2.05) is 60.7 Å². The molecule has 56 heavy (non-hydrogen) atoms. The summed E-state index contributed by atoms with van der Waals surface area (Å²) in [4.78, 5) is 6.19. The van der Waals surface area contributed by atoms with Crippen LogP contribution in [0, 0.1) is 17.9 Å². The van der Waals surface area contributed by atoms with E-state index in [-0.39, 0.29) is 0 Å². The minimum atomic E-state index is 0.421. The molecule has 0 amide bonds. The van der Waals surface area contributed by atoms with Crippen LogP contribution in [0.4, 0.5) is 22.7 Å². The van der Waals surface area contributed by atoms with Crippen molar-refractivity contribution in [2.75, 3.05) is 4.90 Å². The first kappa shape index (κ1) is 31.5. The first-order chi connectivity index (χ1) is 27.7. The molecule has 0 saturated heterocycles. The molecule has 0 aliphatic rings. The largest absolute Gasteiger partial charge is 0.455 e. The van der Waals surface area contributed by atoms with Crippen molar-refractivity contribution in [3.05, 3.63) is 193 Å². The smallest absolute Gasteiger partial charge is 0.212 e. The van der Waals surface area contributed by atoms with Gasteiger partial charge in [0.2, 0.25) is 5.69 Å². The summed E-state index contributed by atoms with van der Waals surface area (Å²) in [6.07, 6.45) is 0. The van der Waals surface area contributed by atoms with Gasteiger partial charge in [0.1, 0.15) is 17.2 Å². The van der Waals surface area contributed by atoms with Crippen LogP contribution in [-0.4, -0.2) is 9.13 Å². The summed E-state index contributed by atoms with van der Waals surface area (Å²) in [5.74, 6) is 0. The van der Waals surface area contributed by atoms with Gasteiger partial charge in [-0.2, -0.15) is 5.26 Å². The lowest BCUT2D eigenvalue weighted by molar-refractivity contribution is 0.673. The third-order valence-electron chi connectivity index (χ3n) is 10.9. The van der Waals surface area contributed by atoms with E-state index in [0.29, 0.717) is 22.6 Å². The predicted octanol–water partition coefficient (Wildman–Crippen LogP) is 13.7. The van der Waals surface area contributed by atoms with Crippen LogP contribution >= 0.6 is 0 Å². The van der Waals surface area contributed by atoms with Gasteiger partial charge in [0, 0.05) is 50.1 Å². The van der Waals surface area contributed by atoms with E-state index in [0.717, 1.165) is 82.6 Å². The number of para-hydroxylation sites is 5. The van der Waals surface area contributed by atoms with Crippen molar-refractivity contribution in [2.24, 2.45) is 0 Å². The zero-order valence-corrected chi connectivity index (χ0v) is 29.9. The van der Waals surface area contributed by atoms with Gasteiger partial charge in [-0.05, 0) is 66.7 Å². The number of aromatic nitrogens is 2. The first-order valence-corrected chi connectivity index (χ1v) is 18.5. The van der Waals surface area contributed by atoms with Gasteiger partial charge in [-0.1, -0.05) is 103 Å². The monoisotopic (exact) mass is 715 g/mol. The summed E-state index contributed by atoms with van der Waals surface area (Å²) in [7, 11) is 0.